The molecule has 2 N–H and O–H groups in total. The predicted molar refractivity (Wildman–Crippen MR) is 75.8 cm³/mol. The highest BCUT2D eigenvalue weighted by atomic mass is 16.5. The Kier molecular flexibility index (Phi) is 5.81. The molecular weight excluding hydrogens is 242 g/mol. The summed E-state index contributed by atoms with van der Waals surface area (Å²) >= 11 is 0. The Morgan fingerprint density at radius 3 is 2.42 bits per heavy atom. The lowest BCUT2D eigenvalue weighted by Gasteiger charge is -2.36. The van der Waals surface area contributed by atoms with E-state index in [9.17, 15) is 4.79 Å². The van der Waals surface area contributed by atoms with Crippen LogP contribution >= 0.6 is 0 Å². The van der Waals surface area contributed by atoms with E-state index in [-0.39, 0.29) is 11.6 Å². The van der Waals surface area contributed by atoms with Crippen molar-refractivity contribution >= 4 is 5.97 Å². The second kappa shape index (κ2) is 6.71. The number of rotatable bonds is 6. The number of esters is 1. The maximum Gasteiger partial charge on any atom is 0.313 e. The molecule has 112 valence electrons. The lowest BCUT2D eigenvalue weighted by Crippen LogP contribution is -2.43. The topological polar surface area (TPSA) is 61.5 Å². The van der Waals surface area contributed by atoms with E-state index < -0.39 is 5.41 Å². The van der Waals surface area contributed by atoms with Gasteiger partial charge in [-0.3, -0.25) is 4.79 Å². The summed E-state index contributed by atoms with van der Waals surface area (Å²) in [4.78, 5) is 12.3. The van der Waals surface area contributed by atoms with Gasteiger partial charge in [-0.2, -0.15) is 0 Å². The number of hydrogen-bond donors (Lipinski definition) is 1. The monoisotopic (exact) mass is 271 g/mol. The highest BCUT2D eigenvalue weighted by molar-refractivity contribution is 5.77. The summed E-state index contributed by atoms with van der Waals surface area (Å²) in [5.74, 6) is 0.578. The second-order valence-corrected chi connectivity index (χ2v) is 6.52. The van der Waals surface area contributed by atoms with Crippen molar-refractivity contribution in [1.82, 2.24) is 0 Å². The SMILES string of the molecule is COC(C)(C)CCOC(=O)C1(CN)CCC(C)CC1. The molecule has 1 rings (SSSR count). The summed E-state index contributed by atoms with van der Waals surface area (Å²) in [7, 11) is 1.67. The third-order valence-electron chi connectivity index (χ3n) is 4.54. The molecule has 0 spiro atoms. The Balaban J connectivity index is 2.47. The van der Waals surface area contributed by atoms with Crippen LogP contribution in [0, 0.1) is 11.3 Å². The molecule has 1 aliphatic rings. The molecule has 0 atom stereocenters. The van der Waals surface area contributed by atoms with Crippen molar-refractivity contribution < 1.29 is 14.3 Å². The third-order valence-corrected chi connectivity index (χ3v) is 4.54. The zero-order chi connectivity index (χ0) is 14.5. The van der Waals surface area contributed by atoms with Crippen molar-refractivity contribution in [3.05, 3.63) is 0 Å². The molecule has 0 bridgehead atoms. The Morgan fingerprint density at radius 1 is 1.37 bits per heavy atom. The molecule has 1 aliphatic carbocycles. The fraction of sp³-hybridized carbons (Fsp3) is 0.933. The molecule has 0 saturated heterocycles. The molecule has 4 heteroatoms. The molecule has 1 saturated carbocycles. The van der Waals surface area contributed by atoms with E-state index in [1.54, 1.807) is 7.11 Å². The van der Waals surface area contributed by atoms with E-state index >= 15 is 0 Å². The predicted octanol–water partition coefficient (Wildman–Crippen LogP) is 2.50. The Bertz CT molecular complexity index is 294. The van der Waals surface area contributed by atoms with Crippen molar-refractivity contribution in [3.63, 3.8) is 0 Å². The zero-order valence-corrected chi connectivity index (χ0v) is 12.8. The molecule has 0 amide bonds. The van der Waals surface area contributed by atoms with Gasteiger partial charge < -0.3 is 15.2 Å². The van der Waals surface area contributed by atoms with Crippen LogP contribution in [-0.4, -0.2) is 31.8 Å². The van der Waals surface area contributed by atoms with E-state index in [1.165, 1.54) is 0 Å². The van der Waals surface area contributed by atoms with E-state index in [0.29, 0.717) is 25.5 Å². The summed E-state index contributed by atoms with van der Waals surface area (Å²) in [6, 6.07) is 0. The fourth-order valence-corrected chi connectivity index (χ4v) is 2.45. The molecule has 1 fully saturated rings. The molecule has 0 radical (unpaired) electrons. The minimum atomic E-state index is -0.441. The van der Waals surface area contributed by atoms with Crippen LogP contribution < -0.4 is 5.73 Å². The highest BCUT2D eigenvalue weighted by Gasteiger charge is 2.41. The molecular formula is C15H29NO3. The first-order chi connectivity index (χ1) is 8.85. The number of ether oxygens (including phenoxy) is 2. The van der Waals surface area contributed by atoms with Crippen molar-refractivity contribution in [2.75, 3.05) is 20.3 Å². The summed E-state index contributed by atoms with van der Waals surface area (Å²) in [5.41, 5.74) is 5.15. The molecule has 0 heterocycles. The first-order valence-corrected chi connectivity index (χ1v) is 7.28. The number of methoxy groups -OCH3 is 1. The molecule has 0 aliphatic heterocycles. The Hall–Kier alpha value is -0.610. The quantitative estimate of drug-likeness (QED) is 0.754. The summed E-state index contributed by atoms with van der Waals surface area (Å²) in [6.07, 6.45) is 4.55. The van der Waals surface area contributed by atoms with Crippen LogP contribution in [-0.2, 0) is 14.3 Å². The van der Waals surface area contributed by atoms with Crippen molar-refractivity contribution in [2.24, 2.45) is 17.1 Å². The number of carbonyl (C=O) groups is 1. The van der Waals surface area contributed by atoms with Crippen molar-refractivity contribution in [1.29, 1.82) is 0 Å². The smallest absolute Gasteiger partial charge is 0.313 e. The fourth-order valence-electron chi connectivity index (χ4n) is 2.45. The van der Waals surface area contributed by atoms with Gasteiger partial charge >= 0.3 is 5.97 Å². The van der Waals surface area contributed by atoms with Gasteiger partial charge in [-0.05, 0) is 45.4 Å². The molecule has 0 unspecified atom stereocenters. The minimum Gasteiger partial charge on any atom is -0.465 e. The third kappa shape index (κ3) is 4.46. The van der Waals surface area contributed by atoms with E-state index in [0.717, 1.165) is 25.7 Å². The van der Waals surface area contributed by atoms with Crippen LogP contribution in [0.4, 0.5) is 0 Å². The highest BCUT2D eigenvalue weighted by Crippen LogP contribution is 2.39. The van der Waals surface area contributed by atoms with Crippen LogP contribution in [0.1, 0.15) is 52.9 Å². The largest absolute Gasteiger partial charge is 0.465 e. The maximum absolute atomic E-state index is 12.3. The minimum absolute atomic E-state index is 0.117. The van der Waals surface area contributed by atoms with Crippen LogP contribution in [0.15, 0.2) is 0 Å². The van der Waals surface area contributed by atoms with Crippen molar-refractivity contribution in [2.45, 2.75) is 58.5 Å². The average molecular weight is 271 g/mol. The van der Waals surface area contributed by atoms with Gasteiger partial charge in [0.1, 0.15) is 0 Å². The van der Waals surface area contributed by atoms with Gasteiger partial charge in [-0.15, -0.1) is 0 Å². The molecule has 4 nitrogen and oxygen atoms in total. The summed E-state index contributed by atoms with van der Waals surface area (Å²) in [5, 5.41) is 0. The lowest BCUT2D eigenvalue weighted by molar-refractivity contribution is -0.159. The Labute approximate surface area is 117 Å². The van der Waals surface area contributed by atoms with Gasteiger partial charge in [0.05, 0.1) is 17.6 Å². The normalized spacial score (nSPS) is 28.2. The first-order valence-electron chi connectivity index (χ1n) is 7.28. The van der Waals surface area contributed by atoms with Gasteiger partial charge in [-0.25, -0.2) is 0 Å². The van der Waals surface area contributed by atoms with E-state index in [1.807, 2.05) is 13.8 Å². The van der Waals surface area contributed by atoms with Gasteiger partial charge in [0, 0.05) is 20.1 Å². The molecule has 0 aromatic heterocycles. The standard InChI is InChI=1S/C15H29NO3/c1-12-5-7-15(11-16,8-6-12)13(17)19-10-9-14(2,3)18-4/h12H,5-11,16H2,1-4H3. The van der Waals surface area contributed by atoms with E-state index in [2.05, 4.69) is 6.92 Å². The number of carbonyl (C=O) groups excluding carboxylic acids is 1. The van der Waals surface area contributed by atoms with Crippen molar-refractivity contribution in [3.8, 4) is 0 Å². The van der Waals surface area contributed by atoms with Gasteiger partial charge in [0.2, 0.25) is 0 Å². The maximum atomic E-state index is 12.3. The van der Waals surface area contributed by atoms with Gasteiger partial charge in [0.15, 0.2) is 0 Å². The lowest BCUT2D eigenvalue weighted by atomic mass is 9.71. The molecule has 0 aromatic carbocycles. The van der Waals surface area contributed by atoms with Crippen LogP contribution in [0.25, 0.3) is 0 Å². The van der Waals surface area contributed by atoms with Crippen LogP contribution in [0.5, 0.6) is 0 Å². The van der Waals surface area contributed by atoms with Crippen LogP contribution in [0.3, 0.4) is 0 Å². The first kappa shape index (κ1) is 16.4. The average Bonchev–Trinajstić information content (AvgIpc) is 2.39. The van der Waals surface area contributed by atoms with E-state index in [4.69, 9.17) is 15.2 Å². The zero-order valence-electron chi connectivity index (χ0n) is 12.8. The number of hydrogen-bond acceptors (Lipinski definition) is 4. The Morgan fingerprint density at radius 2 is 1.95 bits per heavy atom. The summed E-state index contributed by atoms with van der Waals surface area (Å²) in [6.45, 7) is 7.00. The number of nitrogens with two attached hydrogens (primary N) is 1. The molecule has 0 aromatic rings. The van der Waals surface area contributed by atoms with Crippen LogP contribution in [0.2, 0.25) is 0 Å². The summed E-state index contributed by atoms with van der Waals surface area (Å²) < 4.78 is 10.8. The van der Waals surface area contributed by atoms with Gasteiger partial charge in [-0.1, -0.05) is 6.92 Å². The molecule has 19 heavy (non-hydrogen) atoms. The second-order valence-electron chi connectivity index (χ2n) is 6.52. The van der Waals surface area contributed by atoms with Gasteiger partial charge in [0.25, 0.3) is 0 Å².